The summed E-state index contributed by atoms with van der Waals surface area (Å²) >= 11 is 5.43. The lowest BCUT2D eigenvalue weighted by atomic mass is 10.3. The van der Waals surface area contributed by atoms with Crippen molar-refractivity contribution in [3.63, 3.8) is 0 Å². The first-order chi connectivity index (χ1) is 7.04. The largest absolute Gasteiger partial charge is 0.480 e. The van der Waals surface area contributed by atoms with Gasteiger partial charge in [-0.2, -0.15) is 0 Å². The normalized spacial score (nSPS) is 12.1. The SMILES string of the molecule is O=C(N[C@H](CO)C(=O)O)c1ccc(Cl)o1. The highest BCUT2D eigenvalue weighted by molar-refractivity contribution is 6.29. The summed E-state index contributed by atoms with van der Waals surface area (Å²) in [5, 5.41) is 19.3. The van der Waals surface area contributed by atoms with Crippen LogP contribution in [0.1, 0.15) is 10.6 Å². The van der Waals surface area contributed by atoms with Crippen molar-refractivity contribution < 1.29 is 24.2 Å². The number of aliphatic carboxylic acids is 1. The molecular formula is C8H8ClNO5. The van der Waals surface area contributed by atoms with E-state index in [9.17, 15) is 9.59 Å². The quantitative estimate of drug-likeness (QED) is 0.685. The summed E-state index contributed by atoms with van der Waals surface area (Å²) in [7, 11) is 0. The van der Waals surface area contributed by atoms with Crippen molar-refractivity contribution in [2.24, 2.45) is 0 Å². The van der Waals surface area contributed by atoms with Crippen LogP contribution in [0, 0.1) is 0 Å². The Kier molecular flexibility index (Phi) is 3.70. The Hall–Kier alpha value is -1.53. The number of halogens is 1. The predicted molar refractivity (Wildman–Crippen MR) is 49.7 cm³/mol. The summed E-state index contributed by atoms with van der Waals surface area (Å²) in [5.41, 5.74) is 0. The molecule has 1 aromatic heterocycles. The van der Waals surface area contributed by atoms with E-state index in [1.807, 2.05) is 0 Å². The van der Waals surface area contributed by atoms with Gasteiger partial charge in [0.2, 0.25) is 0 Å². The fraction of sp³-hybridized carbons (Fsp3) is 0.250. The van der Waals surface area contributed by atoms with E-state index in [-0.39, 0.29) is 11.0 Å². The third-order valence-electron chi connectivity index (χ3n) is 1.58. The van der Waals surface area contributed by atoms with E-state index in [0.29, 0.717) is 0 Å². The Morgan fingerprint density at radius 3 is 2.60 bits per heavy atom. The average molecular weight is 234 g/mol. The van der Waals surface area contributed by atoms with Crippen LogP contribution in [0.4, 0.5) is 0 Å². The van der Waals surface area contributed by atoms with E-state index in [0.717, 1.165) is 0 Å². The van der Waals surface area contributed by atoms with Gasteiger partial charge in [-0.3, -0.25) is 4.79 Å². The van der Waals surface area contributed by atoms with Gasteiger partial charge < -0.3 is 19.9 Å². The standard InChI is InChI=1S/C8H8ClNO5/c9-6-2-1-5(15-6)7(12)10-4(3-11)8(13)14/h1-2,4,11H,3H2,(H,10,12)(H,13,14)/t4-/m1/s1. The molecule has 82 valence electrons. The van der Waals surface area contributed by atoms with Crippen molar-refractivity contribution in [2.75, 3.05) is 6.61 Å². The molecular weight excluding hydrogens is 226 g/mol. The van der Waals surface area contributed by atoms with Gasteiger partial charge in [0.15, 0.2) is 17.0 Å². The Bertz CT molecular complexity index is 375. The number of hydrogen-bond acceptors (Lipinski definition) is 4. The molecule has 0 aliphatic heterocycles. The third-order valence-corrected chi connectivity index (χ3v) is 1.79. The molecule has 1 rings (SSSR count). The molecule has 3 N–H and O–H groups in total. The van der Waals surface area contributed by atoms with Crippen molar-refractivity contribution in [3.8, 4) is 0 Å². The zero-order chi connectivity index (χ0) is 11.4. The molecule has 0 saturated heterocycles. The van der Waals surface area contributed by atoms with Gasteiger partial charge in [0.25, 0.3) is 5.91 Å². The summed E-state index contributed by atoms with van der Waals surface area (Å²) in [5.74, 6) is -2.19. The summed E-state index contributed by atoms with van der Waals surface area (Å²) in [6.45, 7) is -0.699. The molecule has 15 heavy (non-hydrogen) atoms. The van der Waals surface area contributed by atoms with Crippen molar-refractivity contribution in [3.05, 3.63) is 23.1 Å². The van der Waals surface area contributed by atoms with E-state index in [1.165, 1.54) is 12.1 Å². The van der Waals surface area contributed by atoms with Crippen LogP contribution in [0.5, 0.6) is 0 Å². The lowest BCUT2D eigenvalue weighted by Crippen LogP contribution is -2.43. The predicted octanol–water partition coefficient (Wildman–Crippen LogP) is 0.108. The molecule has 1 atom stereocenters. The highest BCUT2D eigenvalue weighted by atomic mass is 35.5. The minimum atomic E-state index is -1.36. The number of carboxylic acids is 1. The Balaban J connectivity index is 2.66. The van der Waals surface area contributed by atoms with Crippen molar-refractivity contribution >= 4 is 23.5 Å². The van der Waals surface area contributed by atoms with Gasteiger partial charge >= 0.3 is 5.97 Å². The number of aliphatic hydroxyl groups excluding tert-OH is 1. The zero-order valence-electron chi connectivity index (χ0n) is 7.44. The first-order valence-electron chi connectivity index (χ1n) is 3.94. The number of rotatable bonds is 4. The third kappa shape index (κ3) is 2.97. The van der Waals surface area contributed by atoms with Crippen molar-refractivity contribution in [1.82, 2.24) is 5.32 Å². The fourth-order valence-corrected chi connectivity index (χ4v) is 0.997. The second kappa shape index (κ2) is 4.81. The molecule has 0 unspecified atom stereocenters. The molecule has 1 heterocycles. The van der Waals surface area contributed by atoms with Gasteiger partial charge in [0, 0.05) is 0 Å². The Labute approximate surface area is 89.5 Å². The van der Waals surface area contributed by atoms with Crippen molar-refractivity contribution in [2.45, 2.75) is 6.04 Å². The Morgan fingerprint density at radius 2 is 2.20 bits per heavy atom. The van der Waals surface area contributed by atoms with Crippen LogP contribution in [0.15, 0.2) is 16.5 Å². The summed E-state index contributed by atoms with van der Waals surface area (Å²) in [4.78, 5) is 21.8. The van der Waals surface area contributed by atoms with E-state index in [1.54, 1.807) is 0 Å². The monoisotopic (exact) mass is 233 g/mol. The average Bonchev–Trinajstić information content (AvgIpc) is 2.60. The zero-order valence-corrected chi connectivity index (χ0v) is 8.19. The maximum absolute atomic E-state index is 11.3. The molecule has 1 aromatic rings. The number of hydrogen-bond donors (Lipinski definition) is 3. The number of aliphatic hydroxyl groups is 1. The fourth-order valence-electron chi connectivity index (χ4n) is 0.851. The number of nitrogens with one attached hydrogen (secondary N) is 1. The molecule has 0 fully saturated rings. The maximum atomic E-state index is 11.3. The lowest BCUT2D eigenvalue weighted by molar-refractivity contribution is -0.140. The highest BCUT2D eigenvalue weighted by Crippen LogP contribution is 2.12. The maximum Gasteiger partial charge on any atom is 0.328 e. The molecule has 0 aromatic carbocycles. The topological polar surface area (TPSA) is 99.8 Å². The molecule has 0 spiro atoms. The lowest BCUT2D eigenvalue weighted by Gasteiger charge is -2.09. The highest BCUT2D eigenvalue weighted by Gasteiger charge is 2.21. The number of carbonyl (C=O) groups excluding carboxylic acids is 1. The minimum Gasteiger partial charge on any atom is -0.480 e. The van der Waals surface area contributed by atoms with Gasteiger partial charge in [-0.1, -0.05) is 0 Å². The summed E-state index contributed by atoms with van der Waals surface area (Å²) in [6.07, 6.45) is 0. The van der Waals surface area contributed by atoms with Gasteiger partial charge in [-0.05, 0) is 23.7 Å². The molecule has 0 radical (unpaired) electrons. The van der Waals surface area contributed by atoms with Crippen LogP contribution in [0.3, 0.4) is 0 Å². The van der Waals surface area contributed by atoms with Crippen molar-refractivity contribution in [1.29, 1.82) is 0 Å². The molecule has 0 saturated carbocycles. The molecule has 0 aliphatic carbocycles. The first kappa shape index (κ1) is 11.5. The van der Waals surface area contributed by atoms with Crippen LogP contribution in [0.25, 0.3) is 0 Å². The van der Waals surface area contributed by atoms with Crippen LogP contribution in [0.2, 0.25) is 5.22 Å². The second-order valence-corrected chi connectivity index (χ2v) is 3.02. The van der Waals surface area contributed by atoms with Crippen LogP contribution in [-0.2, 0) is 4.79 Å². The number of carboxylic acid groups (broad SMARTS) is 1. The second-order valence-electron chi connectivity index (χ2n) is 2.65. The van der Waals surface area contributed by atoms with E-state index in [2.05, 4.69) is 5.32 Å². The number of furan rings is 1. The smallest absolute Gasteiger partial charge is 0.328 e. The van der Waals surface area contributed by atoms with E-state index in [4.69, 9.17) is 26.2 Å². The van der Waals surface area contributed by atoms with Crippen LogP contribution in [-0.4, -0.2) is 34.7 Å². The number of amides is 1. The Morgan fingerprint density at radius 1 is 1.53 bits per heavy atom. The molecule has 1 amide bonds. The summed E-state index contributed by atoms with van der Waals surface area (Å²) in [6, 6.07) is 1.29. The summed E-state index contributed by atoms with van der Waals surface area (Å²) < 4.78 is 4.75. The molecule has 7 heteroatoms. The first-order valence-corrected chi connectivity index (χ1v) is 4.32. The van der Waals surface area contributed by atoms with Crippen LogP contribution >= 0.6 is 11.6 Å². The molecule has 0 aliphatic rings. The minimum absolute atomic E-state index is 0.0241. The van der Waals surface area contributed by atoms with Gasteiger partial charge in [0.05, 0.1) is 6.61 Å². The van der Waals surface area contributed by atoms with Gasteiger partial charge in [-0.15, -0.1) is 0 Å². The number of carbonyl (C=O) groups is 2. The van der Waals surface area contributed by atoms with Gasteiger partial charge in [0.1, 0.15) is 0 Å². The molecule has 6 nitrogen and oxygen atoms in total. The van der Waals surface area contributed by atoms with E-state index >= 15 is 0 Å². The van der Waals surface area contributed by atoms with Gasteiger partial charge in [-0.25, -0.2) is 4.79 Å². The van der Waals surface area contributed by atoms with Crippen LogP contribution < -0.4 is 5.32 Å². The molecule has 0 bridgehead atoms. The van der Waals surface area contributed by atoms with E-state index < -0.39 is 24.5 Å².